The van der Waals surface area contributed by atoms with E-state index in [0.29, 0.717) is 53.9 Å². The Hall–Kier alpha value is -3.26. The van der Waals surface area contributed by atoms with E-state index in [4.69, 9.17) is 28.4 Å². The van der Waals surface area contributed by atoms with Gasteiger partial charge in [0, 0.05) is 16.5 Å². The Bertz CT molecular complexity index is 1150. The molecule has 0 aliphatic carbocycles. The lowest BCUT2D eigenvalue weighted by molar-refractivity contribution is -0.226. The van der Waals surface area contributed by atoms with Crippen LogP contribution in [0.25, 0.3) is 0 Å². The van der Waals surface area contributed by atoms with Crippen molar-refractivity contribution in [1.82, 2.24) is 0 Å². The van der Waals surface area contributed by atoms with Gasteiger partial charge in [0.05, 0.1) is 34.5 Å². The highest BCUT2D eigenvalue weighted by atomic mass is 16.7. The molecule has 7 heteroatoms. The predicted molar refractivity (Wildman–Crippen MR) is 136 cm³/mol. The fourth-order valence-electron chi connectivity index (χ4n) is 4.13. The van der Waals surface area contributed by atoms with Gasteiger partial charge < -0.3 is 33.5 Å². The lowest BCUT2D eigenvalue weighted by Crippen LogP contribution is -2.33. The quantitative estimate of drug-likeness (QED) is 0.424. The smallest absolute Gasteiger partial charge is 0.183 e. The highest BCUT2D eigenvalue weighted by Gasteiger charge is 2.31. The summed E-state index contributed by atoms with van der Waals surface area (Å²) < 4.78 is 34.7. The standard InChI is InChI=1S/C29H34O7/c1-29(2)17-35-28(36-18-29)21-13-22(27(33-5)25(15-21)32-4)26(30)20-11-12-23(24(14-20)31-3)34-16-19-9-7-6-8-10-19/h6-15,26,28,30H,16-18H2,1-5H3. The van der Waals surface area contributed by atoms with Crippen molar-refractivity contribution in [3.8, 4) is 23.0 Å². The van der Waals surface area contributed by atoms with E-state index >= 15 is 0 Å². The molecule has 36 heavy (non-hydrogen) atoms. The van der Waals surface area contributed by atoms with Crippen LogP contribution >= 0.6 is 0 Å². The van der Waals surface area contributed by atoms with Crippen molar-refractivity contribution in [2.24, 2.45) is 5.41 Å². The largest absolute Gasteiger partial charge is 0.493 e. The lowest BCUT2D eigenvalue weighted by atomic mass is 9.94. The van der Waals surface area contributed by atoms with Gasteiger partial charge in [-0.05, 0) is 35.4 Å². The Morgan fingerprint density at radius 3 is 2.19 bits per heavy atom. The third-order valence-electron chi connectivity index (χ3n) is 6.09. The summed E-state index contributed by atoms with van der Waals surface area (Å²) in [6.07, 6.45) is -1.59. The molecule has 1 aliphatic rings. The molecule has 1 N–H and O–H groups in total. The average Bonchev–Trinajstić information content (AvgIpc) is 2.91. The molecular formula is C29H34O7. The number of benzene rings is 3. The SMILES string of the molecule is COc1cc(C(O)c2cc(C3OCC(C)(C)CO3)cc(OC)c2OC)ccc1OCc1ccccc1. The molecule has 3 aromatic rings. The number of aliphatic hydroxyl groups is 1. The maximum absolute atomic E-state index is 11.4. The molecule has 0 bridgehead atoms. The molecule has 1 atom stereocenters. The second-order valence-electron chi connectivity index (χ2n) is 9.55. The Morgan fingerprint density at radius 1 is 0.861 bits per heavy atom. The predicted octanol–water partition coefficient (Wildman–Crippen LogP) is 5.44. The minimum atomic E-state index is -1.02. The Kier molecular flexibility index (Phi) is 8.04. The van der Waals surface area contributed by atoms with Gasteiger partial charge in [-0.1, -0.05) is 50.2 Å². The molecule has 0 amide bonds. The molecule has 1 fully saturated rings. The molecule has 1 saturated heterocycles. The Balaban J connectivity index is 1.62. The highest BCUT2D eigenvalue weighted by molar-refractivity contribution is 5.54. The molecule has 1 unspecified atom stereocenters. The fourth-order valence-corrected chi connectivity index (χ4v) is 4.13. The van der Waals surface area contributed by atoms with Crippen molar-refractivity contribution in [1.29, 1.82) is 0 Å². The summed E-state index contributed by atoms with van der Waals surface area (Å²) in [6, 6.07) is 18.9. The van der Waals surface area contributed by atoms with Crippen LogP contribution in [0.5, 0.6) is 23.0 Å². The van der Waals surface area contributed by atoms with Crippen LogP contribution in [0.15, 0.2) is 60.7 Å². The summed E-state index contributed by atoms with van der Waals surface area (Å²) in [5, 5.41) is 11.4. The molecule has 0 radical (unpaired) electrons. The number of methoxy groups -OCH3 is 3. The molecule has 1 aliphatic heterocycles. The van der Waals surface area contributed by atoms with Crippen molar-refractivity contribution in [3.05, 3.63) is 82.9 Å². The molecule has 1 heterocycles. The van der Waals surface area contributed by atoms with Crippen LogP contribution in [-0.4, -0.2) is 39.6 Å². The normalized spacial score (nSPS) is 16.3. The van der Waals surface area contributed by atoms with Crippen molar-refractivity contribution in [3.63, 3.8) is 0 Å². The van der Waals surface area contributed by atoms with Crippen LogP contribution in [-0.2, 0) is 16.1 Å². The number of rotatable bonds is 9. The van der Waals surface area contributed by atoms with Crippen LogP contribution in [0.2, 0.25) is 0 Å². The van der Waals surface area contributed by atoms with Gasteiger partial charge in [0.1, 0.15) is 12.7 Å². The number of ether oxygens (including phenoxy) is 6. The fraction of sp³-hybridized carbons (Fsp3) is 0.379. The minimum absolute atomic E-state index is 0.0592. The van der Waals surface area contributed by atoms with E-state index in [-0.39, 0.29) is 5.41 Å². The van der Waals surface area contributed by atoms with Gasteiger partial charge in [-0.2, -0.15) is 0 Å². The summed E-state index contributed by atoms with van der Waals surface area (Å²) in [4.78, 5) is 0. The van der Waals surface area contributed by atoms with E-state index < -0.39 is 12.4 Å². The van der Waals surface area contributed by atoms with Crippen LogP contribution in [0.1, 0.15) is 48.5 Å². The molecule has 7 nitrogen and oxygen atoms in total. The summed E-state index contributed by atoms with van der Waals surface area (Å²) in [5.41, 5.74) is 2.88. The van der Waals surface area contributed by atoms with E-state index in [0.717, 1.165) is 11.1 Å². The topological polar surface area (TPSA) is 75.6 Å². The van der Waals surface area contributed by atoms with Gasteiger partial charge in [0.25, 0.3) is 0 Å². The first kappa shape index (κ1) is 25.8. The molecule has 3 aromatic carbocycles. The first-order valence-corrected chi connectivity index (χ1v) is 11.9. The monoisotopic (exact) mass is 494 g/mol. The van der Waals surface area contributed by atoms with E-state index in [1.54, 1.807) is 33.5 Å². The van der Waals surface area contributed by atoms with Gasteiger partial charge >= 0.3 is 0 Å². The third kappa shape index (κ3) is 5.75. The second kappa shape index (κ2) is 11.2. The maximum Gasteiger partial charge on any atom is 0.183 e. The number of hydrogen-bond acceptors (Lipinski definition) is 7. The molecule has 4 rings (SSSR count). The highest BCUT2D eigenvalue weighted by Crippen LogP contribution is 2.43. The minimum Gasteiger partial charge on any atom is -0.493 e. The van der Waals surface area contributed by atoms with E-state index in [1.165, 1.54) is 0 Å². The van der Waals surface area contributed by atoms with Crippen molar-refractivity contribution in [2.75, 3.05) is 34.5 Å². The van der Waals surface area contributed by atoms with Gasteiger partial charge in [0.2, 0.25) is 0 Å². The summed E-state index contributed by atoms with van der Waals surface area (Å²) in [7, 11) is 4.68. The van der Waals surface area contributed by atoms with E-state index in [1.807, 2.05) is 48.5 Å². The van der Waals surface area contributed by atoms with Crippen molar-refractivity contribution >= 4 is 0 Å². The second-order valence-corrected chi connectivity index (χ2v) is 9.55. The van der Waals surface area contributed by atoms with Gasteiger partial charge in [-0.25, -0.2) is 0 Å². The maximum atomic E-state index is 11.4. The molecule has 192 valence electrons. The summed E-state index contributed by atoms with van der Waals surface area (Å²) in [5.74, 6) is 2.03. The van der Waals surface area contributed by atoms with Crippen molar-refractivity contribution < 1.29 is 33.5 Å². The zero-order chi connectivity index (χ0) is 25.7. The van der Waals surface area contributed by atoms with E-state index in [2.05, 4.69) is 13.8 Å². The van der Waals surface area contributed by atoms with Gasteiger partial charge in [0.15, 0.2) is 29.3 Å². The Labute approximate surface area is 212 Å². The first-order chi connectivity index (χ1) is 17.3. The zero-order valence-corrected chi connectivity index (χ0v) is 21.4. The molecule has 0 aromatic heterocycles. The summed E-state index contributed by atoms with van der Waals surface area (Å²) >= 11 is 0. The molecule has 0 saturated carbocycles. The summed E-state index contributed by atoms with van der Waals surface area (Å²) in [6.45, 7) is 5.71. The Morgan fingerprint density at radius 2 is 1.56 bits per heavy atom. The number of hydrogen-bond donors (Lipinski definition) is 1. The molecular weight excluding hydrogens is 460 g/mol. The van der Waals surface area contributed by atoms with Crippen LogP contribution in [0.4, 0.5) is 0 Å². The first-order valence-electron chi connectivity index (χ1n) is 11.9. The van der Waals surface area contributed by atoms with Crippen LogP contribution in [0.3, 0.4) is 0 Å². The van der Waals surface area contributed by atoms with Gasteiger partial charge in [-0.15, -0.1) is 0 Å². The molecule has 0 spiro atoms. The van der Waals surface area contributed by atoms with Crippen LogP contribution in [0, 0.1) is 5.41 Å². The lowest BCUT2D eigenvalue weighted by Gasteiger charge is -2.35. The average molecular weight is 495 g/mol. The van der Waals surface area contributed by atoms with E-state index in [9.17, 15) is 5.11 Å². The van der Waals surface area contributed by atoms with Crippen LogP contribution < -0.4 is 18.9 Å². The van der Waals surface area contributed by atoms with Crippen molar-refractivity contribution in [2.45, 2.75) is 32.8 Å². The van der Waals surface area contributed by atoms with Gasteiger partial charge in [-0.3, -0.25) is 0 Å². The third-order valence-corrected chi connectivity index (χ3v) is 6.09. The number of aliphatic hydroxyl groups excluding tert-OH is 1. The zero-order valence-electron chi connectivity index (χ0n) is 21.4.